The van der Waals surface area contributed by atoms with Gasteiger partial charge in [0, 0.05) is 28.3 Å². The van der Waals surface area contributed by atoms with Crippen LogP contribution in [0.3, 0.4) is 0 Å². The van der Waals surface area contributed by atoms with Crippen LogP contribution in [0.2, 0.25) is 0 Å². The Bertz CT molecular complexity index is 780. The normalized spacial score (nSPS) is 11.0. The molecule has 2 aromatic carbocycles. The van der Waals surface area contributed by atoms with Crippen molar-refractivity contribution < 1.29 is 4.74 Å². The monoisotopic (exact) mass is 344 g/mol. The van der Waals surface area contributed by atoms with E-state index in [0.717, 1.165) is 38.9 Å². The highest BCUT2D eigenvalue weighted by atomic mass is 79.9. The fourth-order valence-corrected chi connectivity index (χ4v) is 2.91. The lowest BCUT2D eigenvalue weighted by atomic mass is 10.2. The predicted octanol–water partition coefficient (Wildman–Crippen LogP) is 4.43. The van der Waals surface area contributed by atoms with Crippen LogP contribution in [0.4, 0.5) is 5.69 Å². The van der Waals surface area contributed by atoms with Gasteiger partial charge >= 0.3 is 0 Å². The molecule has 3 aromatic rings. The number of rotatable bonds is 4. The Balaban J connectivity index is 2.02. The number of nitrogens with zero attached hydrogens (tertiary/aromatic N) is 1. The fraction of sp³-hybridized carbons (Fsp3) is 0.176. The van der Waals surface area contributed by atoms with E-state index in [-0.39, 0.29) is 0 Å². The highest BCUT2D eigenvalue weighted by Crippen LogP contribution is 2.29. The molecule has 2 N–H and O–H groups in total. The van der Waals surface area contributed by atoms with E-state index in [1.54, 1.807) is 0 Å². The molecule has 21 heavy (non-hydrogen) atoms. The second kappa shape index (κ2) is 5.82. The van der Waals surface area contributed by atoms with Gasteiger partial charge < -0.3 is 15.0 Å². The zero-order valence-corrected chi connectivity index (χ0v) is 13.4. The molecular formula is C17H17BrN2O. The first kappa shape index (κ1) is 14.0. The third kappa shape index (κ3) is 2.63. The lowest BCUT2D eigenvalue weighted by molar-refractivity contribution is 0.344. The molecule has 0 aliphatic heterocycles. The average Bonchev–Trinajstić information content (AvgIpc) is 2.89. The van der Waals surface area contributed by atoms with Crippen LogP contribution in [0.15, 0.2) is 53.1 Å². The maximum atomic E-state index is 5.95. The summed E-state index contributed by atoms with van der Waals surface area (Å²) >= 11 is 3.57. The van der Waals surface area contributed by atoms with E-state index < -0.39 is 0 Å². The summed E-state index contributed by atoms with van der Waals surface area (Å²) in [6.07, 6.45) is 2.09. The number of hydrogen-bond acceptors (Lipinski definition) is 2. The molecule has 0 radical (unpaired) electrons. The summed E-state index contributed by atoms with van der Waals surface area (Å²) in [6, 6.07) is 14.2. The standard InChI is InChI=1S/C17H17BrN2O/c1-2-21-16-8-4-7-15-13(16)9-10-20(15)11-12-5-3-6-14(19)17(12)18/h3-10H,2,11,19H2,1H3. The molecule has 4 heteroatoms. The van der Waals surface area contributed by atoms with Crippen molar-refractivity contribution in [2.75, 3.05) is 12.3 Å². The third-order valence-corrected chi connectivity index (χ3v) is 4.49. The van der Waals surface area contributed by atoms with Crippen LogP contribution in [0.5, 0.6) is 5.75 Å². The van der Waals surface area contributed by atoms with E-state index >= 15 is 0 Å². The van der Waals surface area contributed by atoms with Gasteiger partial charge in [0.2, 0.25) is 0 Å². The molecule has 0 saturated heterocycles. The maximum absolute atomic E-state index is 5.95. The average molecular weight is 345 g/mol. The van der Waals surface area contributed by atoms with E-state index in [2.05, 4.69) is 44.9 Å². The van der Waals surface area contributed by atoms with Crippen molar-refractivity contribution in [1.29, 1.82) is 0 Å². The molecule has 0 fully saturated rings. The molecule has 0 amide bonds. The van der Waals surface area contributed by atoms with Gasteiger partial charge in [-0.25, -0.2) is 0 Å². The fourth-order valence-electron chi connectivity index (χ4n) is 2.52. The van der Waals surface area contributed by atoms with Crippen LogP contribution in [-0.2, 0) is 6.54 Å². The van der Waals surface area contributed by atoms with Gasteiger partial charge in [-0.05, 0) is 52.7 Å². The summed E-state index contributed by atoms with van der Waals surface area (Å²) in [6.45, 7) is 3.44. The number of nitrogens with two attached hydrogens (primary N) is 1. The summed E-state index contributed by atoms with van der Waals surface area (Å²) in [5, 5.41) is 1.14. The first-order valence-electron chi connectivity index (χ1n) is 6.94. The molecule has 0 saturated carbocycles. The van der Waals surface area contributed by atoms with Crippen molar-refractivity contribution in [2.45, 2.75) is 13.5 Å². The van der Waals surface area contributed by atoms with Crippen LogP contribution in [0, 0.1) is 0 Å². The lowest BCUT2D eigenvalue weighted by Gasteiger charge is -2.10. The molecule has 0 aliphatic carbocycles. The van der Waals surface area contributed by atoms with Gasteiger partial charge in [-0.1, -0.05) is 18.2 Å². The molecule has 0 atom stereocenters. The second-order valence-corrected chi connectivity index (χ2v) is 5.68. The Morgan fingerprint density at radius 2 is 1.95 bits per heavy atom. The Hall–Kier alpha value is -1.94. The summed E-state index contributed by atoms with van der Waals surface area (Å²) in [7, 11) is 0. The lowest BCUT2D eigenvalue weighted by Crippen LogP contribution is -2.00. The van der Waals surface area contributed by atoms with Gasteiger partial charge in [0.1, 0.15) is 5.75 Å². The second-order valence-electron chi connectivity index (χ2n) is 4.89. The first-order chi connectivity index (χ1) is 10.2. The highest BCUT2D eigenvalue weighted by molar-refractivity contribution is 9.10. The molecule has 1 aromatic heterocycles. The summed E-state index contributed by atoms with van der Waals surface area (Å²) in [5.41, 5.74) is 9.04. The number of nitrogen functional groups attached to an aromatic ring is 1. The SMILES string of the molecule is CCOc1cccc2c1ccn2Cc1cccc(N)c1Br. The van der Waals surface area contributed by atoms with E-state index in [1.807, 2.05) is 31.2 Å². The van der Waals surface area contributed by atoms with Gasteiger partial charge in [0.15, 0.2) is 0 Å². The Morgan fingerprint density at radius 1 is 1.14 bits per heavy atom. The van der Waals surface area contributed by atoms with E-state index in [1.165, 1.54) is 0 Å². The molecule has 0 unspecified atom stereocenters. The number of aromatic nitrogens is 1. The zero-order chi connectivity index (χ0) is 14.8. The minimum atomic E-state index is 0.672. The van der Waals surface area contributed by atoms with Crippen molar-refractivity contribution in [3.8, 4) is 5.75 Å². The van der Waals surface area contributed by atoms with Gasteiger partial charge in [0.25, 0.3) is 0 Å². The van der Waals surface area contributed by atoms with E-state index in [0.29, 0.717) is 6.61 Å². The van der Waals surface area contributed by atoms with E-state index in [9.17, 15) is 0 Å². The number of benzene rings is 2. The molecule has 1 heterocycles. The largest absolute Gasteiger partial charge is 0.493 e. The Morgan fingerprint density at radius 3 is 2.76 bits per heavy atom. The van der Waals surface area contributed by atoms with Crippen molar-refractivity contribution >= 4 is 32.5 Å². The Labute approximate surface area is 132 Å². The van der Waals surface area contributed by atoms with Crippen LogP contribution in [0.1, 0.15) is 12.5 Å². The third-order valence-electron chi connectivity index (χ3n) is 3.52. The van der Waals surface area contributed by atoms with Gasteiger partial charge in [0.05, 0.1) is 12.1 Å². The molecule has 0 aliphatic rings. The van der Waals surface area contributed by atoms with Crippen LogP contribution in [-0.4, -0.2) is 11.2 Å². The smallest absolute Gasteiger partial charge is 0.128 e. The minimum absolute atomic E-state index is 0.672. The molecule has 108 valence electrons. The molecular weight excluding hydrogens is 328 g/mol. The summed E-state index contributed by atoms with van der Waals surface area (Å²) in [4.78, 5) is 0. The van der Waals surface area contributed by atoms with Gasteiger partial charge in [-0.2, -0.15) is 0 Å². The molecule has 3 rings (SSSR count). The van der Waals surface area contributed by atoms with Gasteiger partial charge in [-0.3, -0.25) is 0 Å². The quantitative estimate of drug-likeness (QED) is 0.711. The van der Waals surface area contributed by atoms with Crippen molar-refractivity contribution in [2.24, 2.45) is 0 Å². The highest BCUT2D eigenvalue weighted by Gasteiger charge is 2.09. The maximum Gasteiger partial charge on any atom is 0.128 e. The van der Waals surface area contributed by atoms with Gasteiger partial charge in [-0.15, -0.1) is 0 Å². The number of halogens is 1. The van der Waals surface area contributed by atoms with Crippen LogP contribution < -0.4 is 10.5 Å². The minimum Gasteiger partial charge on any atom is -0.493 e. The zero-order valence-electron chi connectivity index (χ0n) is 11.8. The summed E-state index contributed by atoms with van der Waals surface area (Å²) < 4.78 is 8.85. The first-order valence-corrected chi connectivity index (χ1v) is 7.73. The molecule has 3 nitrogen and oxygen atoms in total. The van der Waals surface area contributed by atoms with Crippen LogP contribution in [0.25, 0.3) is 10.9 Å². The molecule has 0 spiro atoms. The van der Waals surface area contributed by atoms with Crippen molar-refractivity contribution in [1.82, 2.24) is 4.57 Å². The Kier molecular flexibility index (Phi) is 3.88. The van der Waals surface area contributed by atoms with Crippen molar-refractivity contribution in [3.05, 3.63) is 58.7 Å². The number of fused-ring (bicyclic) bond motifs is 1. The van der Waals surface area contributed by atoms with Crippen molar-refractivity contribution in [3.63, 3.8) is 0 Å². The number of ether oxygens (including phenoxy) is 1. The number of hydrogen-bond donors (Lipinski definition) is 1. The topological polar surface area (TPSA) is 40.2 Å². The number of anilines is 1. The van der Waals surface area contributed by atoms with E-state index in [4.69, 9.17) is 10.5 Å². The molecule has 0 bridgehead atoms. The summed E-state index contributed by atoms with van der Waals surface area (Å²) in [5.74, 6) is 0.931. The predicted molar refractivity (Wildman–Crippen MR) is 90.8 cm³/mol. The van der Waals surface area contributed by atoms with Crippen LogP contribution >= 0.6 is 15.9 Å².